The molecule has 0 radical (unpaired) electrons. The van der Waals surface area contributed by atoms with E-state index in [2.05, 4.69) is 0 Å². The van der Waals surface area contributed by atoms with E-state index in [9.17, 15) is 35.4 Å². The van der Waals surface area contributed by atoms with E-state index in [-0.39, 0.29) is 23.0 Å². The molecule has 0 spiro atoms. The number of benzene rings is 1. The van der Waals surface area contributed by atoms with Crippen molar-refractivity contribution in [2.45, 2.75) is 30.7 Å². The fourth-order valence-electron chi connectivity index (χ4n) is 2.74. The van der Waals surface area contributed by atoms with E-state index >= 15 is 0 Å². The van der Waals surface area contributed by atoms with Gasteiger partial charge in [-0.2, -0.15) is 0 Å². The molecule has 10 nitrogen and oxygen atoms in total. The average molecular weight is 408 g/mol. The minimum absolute atomic E-state index is 0.0428. The number of aliphatic hydroxyl groups is 4. The number of aliphatic hydroxyl groups excluding tert-OH is 4. The van der Waals surface area contributed by atoms with Crippen molar-refractivity contribution >= 4 is 12.2 Å². The molecule has 0 bridgehead atoms. The van der Waals surface area contributed by atoms with Gasteiger partial charge in [-0.15, -0.1) is 0 Å². The highest BCUT2D eigenvalue weighted by Crippen LogP contribution is 2.27. The van der Waals surface area contributed by atoms with Crippen molar-refractivity contribution in [1.82, 2.24) is 0 Å². The van der Waals surface area contributed by atoms with Crippen LogP contribution in [0.1, 0.15) is 11.3 Å². The first-order valence-corrected chi connectivity index (χ1v) is 8.61. The molecule has 0 aliphatic carbocycles. The van der Waals surface area contributed by atoms with Crippen molar-refractivity contribution in [3.05, 3.63) is 52.1 Å². The lowest BCUT2D eigenvalue weighted by atomic mass is 9.99. The van der Waals surface area contributed by atoms with Crippen LogP contribution in [-0.4, -0.2) is 68.0 Å². The van der Waals surface area contributed by atoms with Crippen molar-refractivity contribution in [3.8, 4) is 17.2 Å². The third-order valence-corrected chi connectivity index (χ3v) is 4.30. The molecule has 5 atom stereocenters. The van der Waals surface area contributed by atoms with Gasteiger partial charge in [-0.05, 0) is 23.8 Å². The summed E-state index contributed by atoms with van der Waals surface area (Å²) in [5.41, 5.74) is -0.247. The summed E-state index contributed by atoms with van der Waals surface area (Å²) < 4.78 is 15.7. The maximum absolute atomic E-state index is 11.8. The predicted octanol–water partition coefficient (Wildman–Crippen LogP) is -0.600. The number of ether oxygens (including phenoxy) is 2. The molecule has 2 aromatic rings. The Morgan fingerprint density at radius 2 is 1.72 bits per heavy atom. The summed E-state index contributed by atoms with van der Waals surface area (Å²) in [5.74, 6) is -0.555. The van der Waals surface area contributed by atoms with E-state index < -0.39 is 42.9 Å². The van der Waals surface area contributed by atoms with Gasteiger partial charge in [-0.25, -0.2) is 4.79 Å². The lowest BCUT2D eigenvalue weighted by Gasteiger charge is -2.39. The molecule has 156 valence electrons. The lowest BCUT2D eigenvalue weighted by Crippen LogP contribution is -2.60. The van der Waals surface area contributed by atoms with Crippen LogP contribution in [0.5, 0.6) is 17.2 Å². The summed E-state index contributed by atoms with van der Waals surface area (Å²) in [5, 5.41) is 57.6. The molecule has 1 aliphatic heterocycles. The van der Waals surface area contributed by atoms with Crippen LogP contribution in [0.15, 0.2) is 39.5 Å². The fourth-order valence-corrected chi connectivity index (χ4v) is 2.74. The Kier molecular flexibility index (Phi) is 6.20. The molecule has 29 heavy (non-hydrogen) atoms. The standard InChI is InChI=1S/C19H20O10/c20-8-14-16(24)17(25)18(26)19(29-14)28-11-6-10(27-15(23)7-11)3-1-9-2-4-12(21)13(22)5-9/h1-7,14,16-22,24-26H,8H2/b3-1+/t14-,16-,17+,18-,19-/m1/s1. The van der Waals surface area contributed by atoms with Gasteiger partial charge < -0.3 is 44.5 Å². The van der Waals surface area contributed by atoms with Crippen LogP contribution in [0.4, 0.5) is 0 Å². The van der Waals surface area contributed by atoms with Crippen LogP contribution in [0.3, 0.4) is 0 Å². The van der Waals surface area contributed by atoms with E-state index in [1.54, 1.807) is 0 Å². The molecule has 1 saturated heterocycles. The second-order valence-electron chi connectivity index (χ2n) is 6.41. The number of hydrogen-bond acceptors (Lipinski definition) is 10. The van der Waals surface area contributed by atoms with Crippen molar-refractivity contribution in [2.24, 2.45) is 0 Å². The monoisotopic (exact) mass is 408 g/mol. The number of aromatic hydroxyl groups is 2. The zero-order valence-corrected chi connectivity index (χ0v) is 15.0. The number of phenols is 2. The van der Waals surface area contributed by atoms with E-state index in [4.69, 9.17) is 13.9 Å². The van der Waals surface area contributed by atoms with Crippen molar-refractivity contribution in [1.29, 1.82) is 0 Å². The van der Waals surface area contributed by atoms with Gasteiger partial charge in [-0.3, -0.25) is 0 Å². The number of phenolic OH excluding ortho intramolecular Hbond substituents is 2. The van der Waals surface area contributed by atoms with Gasteiger partial charge in [0.2, 0.25) is 6.29 Å². The van der Waals surface area contributed by atoms with Crippen molar-refractivity contribution < 1.29 is 44.5 Å². The molecule has 2 heterocycles. The summed E-state index contributed by atoms with van der Waals surface area (Å²) in [6.07, 6.45) is -4.46. The third-order valence-electron chi connectivity index (χ3n) is 4.30. The summed E-state index contributed by atoms with van der Waals surface area (Å²) in [6, 6.07) is 6.44. The van der Waals surface area contributed by atoms with Gasteiger partial charge in [-0.1, -0.05) is 12.1 Å². The highest BCUT2D eigenvalue weighted by atomic mass is 16.7. The van der Waals surface area contributed by atoms with Crippen molar-refractivity contribution in [2.75, 3.05) is 6.61 Å². The van der Waals surface area contributed by atoms with Crippen molar-refractivity contribution in [3.63, 3.8) is 0 Å². The van der Waals surface area contributed by atoms with Crippen LogP contribution in [0.2, 0.25) is 0 Å². The SMILES string of the molecule is O=c1cc(O[C@@H]2O[C@H](CO)[C@@H](O)[C@H](O)[C@H]2O)cc(/C=C/c2ccc(O)c(O)c2)o1. The van der Waals surface area contributed by atoms with Gasteiger partial charge in [0.05, 0.1) is 12.7 Å². The molecule has 0 unspecified atom stereocenters. The largest absolute Gasteiger partial charge is 0.504 e. The number of rotatable bonds is 5. The molecule has 1 aromatic heterocycles. The third kappa shape index (κ3) is 4.75. The Morgan fingerprint density at radius 3 is 2.41 bits per heavy atom. The second kappa shape index (κ2) is 8.64. The van der Waals surface area contributed by atoms with Crippen LogP contribution < -0.4 is 10.4 Å². The molecule has 0 amide bonds. The first kappa shape index (κ1) is 20.8. The normalized spacial score (nSPS) is 27.2. The molecule has 6 N–H and O–H groups in total. The molecule has 1 fully saturated rings. The maximum atomic E-state index is 11.8. The van der Waals surface area contributed by atoms with Gasteiger partial charge in [0.1, 0.15) is 35.9 Å². The molecule has 1 aliphatic rings. The van der Waals surface area contributed by atoms with E-state index in [0.717, 1.165) is 6.07 Å². The maximum Gasteiger partial charge on any atom is 0.339 e. The highest BCUT2D eigenvalue weighted by Gasteiger charge is 2.44. The molecule has 1 aromatic carbocycles. The second-order valence-corrected chi connectivity index (χ2v) is 6.41. The first-order valence-electron chi connectivity index (χ1n) is 8.61. The molecule has 10 heteroatoms. The van der Waals surface area contributed by atoms with Gasteiger partial charge in [0.25, 0.3) is 0 Å². The van der Waals surface area contributed by atoms with Crippen LogP contribution in [0.25, 0.3) is 12.2 Å². The topological polar surface area (TPSA) is 170 Å². The Labute approximate surface area is 164 Å². The highest BCUT2D eigenvalue weighted by molar-refractivity contribution is 5.69. The quantitative estimate of drug-likeness (QED) is 0.351. The zero-order valence-electron chi connectivity index (χ0n) is 15.0. The minimum atomic E-state index is -1.63. The van der Waals surface area contributed by atoms with Gasteiger partial charge in [0, 0.05) is 6.07 Å². The van der Waals surface area contributed by atoms with Crippen LogP contribution >= 0.6 is 0 Å². The van der Waals surface area contributed by atoms with E-state index in [1.807, 2.05) is 0 Å². The Balaban J connectivity index is 1.79. The van der Waals surface area contributed by atoms with Crippen LogP contribution in [-0.2, 0) is 4.74 Å². The Morgan fingerprint density at radius 1 is 0.966 bits per heavy atom. The van der Waals surface area contributed by atoms with E-state index in [0.29, 0.717) is 5.56 Å². The van der Waals surface area contributed by atoms with Gasteiger partial charge >= 0.3 is 5.63 Å². The summed E-state index contributed by atoms with van der Waals surface area (Å²) >= 11 is 0. The number of hydrogen-bond donors (Lipinski definition) is 6. The first-order chi connectivity index (χ1) is 13.8. The lowest BCUT2D eigenvalue weighted by molar-refractivity contribution is -0.277. The predicted molar refractivity (Wildman–Crippen MR) is 98.1 cm³/mol. The Hall–Kier alpha value is -2.89. The van der Waals surface area contributed by atoms with Gasteiger partial charge in [0.15, 0.2) is 11.5 Å². The average Bonchev–Trinajstić information content (AvgIpc) is 2.69. The minimum Gasteiger partial charge on any atom is -0.504 e. The summed E-state index contributed by atoms with van der Waals surface area (Å²) in [7, 11) is 0. The molecule has 0 saturated carbocycles. The Bertz CT molecular complexity index is 935. The molecular formula is C19H20O10. The zero-order chi connectivity index (χ0) is 21.1. The molecule has 3 rings (SSSR count). The smallest absolute Gasteiger partial charge is 0.339 e. The van der Waals surface area contributed by atoms with Crippen LogP contribution in [0, 0.1) is 0 Å². The molecular weight excluding hydrogens is 388 g/mol. The summed E-state index contributed by atoms with van der Waals surface area (Å²) in [6.45, 7) is -0.616. The summed E-state index contributed by atoms with van der Waals surface area (Å²) in [4.78, 5) is 11.8. The van der Waals surface area contributed by atoms with E-state index in [1.165, 1.54) is 36.4 Å². The fraction of sp³-hybridized carbons (Fsp3) is 0.316.